The van der Waals surface area contributed by atoms with Gasteiger partial charge in [-0.1, -0.05) is 32.9 Å². The van der Waals surface area contributed by atoms with Gasteiger partial charge >= 0.3 is 0 Å². The Morgan fingerprint density at radius 3 is 2.58 bits per heavy atom. The molecule has 1 aliphatic heterocycles. The highest BCUT2D eigenvalue weighted by Crippen LogP contribution is 2.28. The molecule has 1 aromatic rings. The van der Waals surface area contributed by atoms with Crippen LogP contribution in [0, 0.1) is 5.41 Å². The first-order valence-electron chi connectivity index (χ1n) is 7.36. The fourth-order valence-corrected chi connectivity index (χ4v) is 3.18. The van der Waals surface area contributed by atoms with Crippen LogP contribution in [0.5, 0.6) is 0 Å². The number of fused-ring (bicyclic) bond motifs is 1. The summed E-state index contributed by atoms with van der Waals surface area (Å²) in [6.45, 7) is 13.5. The molecule has 1 aliphatic rings. The smallest absolute Gasteiger partial charge is 0.0376 e. The molecule has 0 unspecified atom stereocenters. The van der Waals surface area contributed by atoms with Crippen molar-refractivity contribution in [3.8, 4) is 0 Å². The first-order chi connectivity index (χ1) is 8.75. The van der Waals surface area contributed by atoms with Gasteiger partial charge in [0.2, 0.25) is 0 Å². The predicted molar refractivity (Wildman–Crippen MR) is 83.6 cm³/mol. The van der Waals surface area contributed by atoms with Crippen molar-refractivity contribution in [2.45, 2.75) is 59.5 Å². The molecule has 0 aromatic heterocycles. The third-order valence-electron chi connectivity index (χ3n) is 3.63. The molecule has 2 rings (SSSR count). The summed E-state index contributed by atoms with van der Waals surface area (Å²) in [7, 11) is 0. The average Bonchev–Trinajstić information content (AvgIpc) is 2.70. The summed E-state index contributed by atoms with van der Waals surface area (Å²) >= 11 is 0. The molecule has 1 aromatic carbocycles. The Kier molecular flexibility index (Phi) is 3.91. The second-order valence-electron chi connectivity index (χ2n) is 7.64. The first-order valence-corrected chi connectivity index (χ1v) is 7.36. The zero-order valence-electron chi connectivity index (χ0n) is 13.1. The molecule has 0 saturated carbocycles. The predicted octanol–water partition coefficient (Wildman–Crippen LogP) is 3.96. The van der Waals surface area contributed by atoms with Crippen LogP contribution in [-0.4, -0.2) is 12.1 Å². The van der Waals surface area contributed by atoms with Crippen molar-refractivity contribution < 1.29 is 0 Å². The normalized spacial score (nSPS) is 15.2. The SMILES string of the molecule is CC(C)(C)CC(C)(C)NCc1ccc2c(c1)NCC2. The van der Waals surface area contributed by atoms with E-state index in [1.165, 1.54) is 29.7 Å². The summed E-state index contributed by atoms with van der Waals surface area (Å²) in [6.07, 6.45) is 2.34. The third-order valence-corrected chi connectivity index (χ3v) is 3.63. The minimum atomic E-state index is 0.171. The van der Waals surface area contributed by atoms with Gasteiger partial charge in [0.1, 0.15) is 0 Å². The van der Waals surface area contributed by atoms with Gasteiger partial charge < -0.3 is 10.6 Å². The van der Waals surface area contributed by atoms with Crippen molar-refractivity contribution in [3.63, 3.8) is 0 Å². The van der Waals surface area contributed by atoms with E-state index >= 15 is 0 Å². The van der Waals surface area contributed by atoms with Crippen molar-refractivity contribution in [3.05, 3.63) is 29.3 Å². The van der Waals surface area contributed by atoms with Crippen molar-refractivity contribution >= 4 is 5.69 Å². The van der Waals surface area contributed by atoms with Gasteiger partial charge in [-0.15, -0.1) is 0 Å². The molecule has 2 nitrogen and oxygen atoms in total. The Hall–Kier alpha value is -1.02. The lowest BCUT2D eigenvalue weighted by Gasteiger charge is -2.33. The molecule has 0 atom stereocenters. The number of benzene rings is 1. The van der Waals surface area contributed by atoms with E-state index in [1.807, 2.05) is 0 Å². The highest BCUT2D eigenvalue weighted by molar-refractivity contribution is 5.57. The van der Waals surface area contributed by atoms with Gasteiger partial charge in [-0.3, -0.25) is 0 Å². The number of hydrogen-bond acceptors (Lipinski definition) is 2. The summed E-state index contributed by atoms with van der Waals surface area (Å²) in [5.41, 5.74) is 4.68. The van der Waals surface area contributed by atoms with E-state index < -0.39 is 0 Å². The topological polar surface area (TPSA) is 24.1 Å². The number of rotatable bonds is 4. The molecular formula is C17H28N2. The van der Waals surface area contributed by atoms with Gasteiger partial charge in [-0.25, -0.2) is 0 Å². The fourth-order valence-electron chi connectivity index (χ4n) is 3.18. The average molecular weight is 260 g/mol. The molecular weight excluding hydrogens is 232 g/mol. The molecule has 0 amide bonds. The summed E-state index contributed by atoms with van der Waals surface area (Å²) in [5.74, 6) is 0. The Balaban J connectivity index is 1.95. The second-order valence-corrected chi connectivity index (χ2v) is 7.64. The maximum absolute atomic E-state index is 3.70. The molecule has 0 fully saturated rings. The van der Waals surface area contributed by atoms with Crippen molar-refractivity contribution in [1.82, 2.24) is 5.32 Å². The van der Waals surface area contributed by atoms with Gasteiger partial charge in [-0.05, 0) is 49.3 Å². The monoisotopic (exact) mass is 260 g/mol. The molecule has 0 saturated heterocycles. The zero-order valence-corrected chi connectivity index (χ0v) is 13.1. The van der Waals surface area contributed by atoms with E-state index in [9.17, 15) is 0 Å². The van der Waals surface area contributed by atoms with Gasteiger partial charge in [0.15, 0.2) is 0 Å². The molecule has 0 radical (unpaired) electrons. The standard InChI is InChI=1S/C17H28N2/c1-16(2,3)12-17(4,5)19-11-13-6-7-14-8-9-18-15(14)10-13/h6-7,10,18-19H,8-9,11-12H2,1-5H3. The van der Waals surface area contributed by atoms with Crippen LogP contribution >= 0.6 is 0 Å². The van der Waals surface area contributed by atoms with E-state index in [0.717, 1.165) is 13.1 Å². The lowest BCUT2D eigenvalue weighted by atomic mass is 9.82. The second kappa shape index (κ2) is 5.16. The van der Waals surface area contributed by atoms with Gasteiger partial charge in [0.25, 0.3) is 0 Å². The Morgan fingerprint density at radius 2 is 1.89 bits per heavy atom. The van der Waals surface area contributed by atoms with Crippen LogP contribution in [0.4, 0.5) is 5.69 Å². The Labute approximate surface area is 118 Å². The van der Waals surface area contributed by atoms with E-state index in [2.05, 4.69) is 63.5 Å². The molecule has 19 heavy (non-hydrogen) atoms. The molecule has 2 heteroatoms. The van der Waals surface area contributed by atoms with Crippen molar-refractivity contribution in [2.75, 3.05) is 11.9 Å². The zero-order chi connectivity index (χ0) is 14.1. The quantitative estimate of drug-likeness (QED) is 0.856. The van der Waals surface area contributed by atoms with Crippen LogP contribution in [0.3, 0.4) is 0 Å². The largest absolute Gasteiger partial charge is 0.384 e. The molecule has 2 N–H and O–H groups in total. The van der Waals surface area contributed by atoms with Crippen molar-refractivity contribution in [2.24, 2.45) is 5.41 Å². The van der Waals surface area contributed by atoms with Gasteiger partial charge in [-0.2, -0.15) is 0 Å². The highest BCUT2D eigenvalue weighted by atomic mass is 15.0. The lowest BCUT2D eigenvalue weighted by molar-refractivity contribution is 0.241. The molecule has 1 heterocycles. The summed E-state index contributed by atoms with van der Waals surface area (Å²) in [6, 6.07) is 6.82. The van der Waals surface area contributed by atoms with Crippen LogP contribution in [0.1, 0.15) is 52.2 Å². The van der Waals surface area contributed by atoms with Crippen molar-refractivity contribution in [1.29, 1.82) is 0 Å². The minimum absolute atomic E-state index is 0.171. The number of anilines is 1. The first kappa shape index (κ1) is 14.4. The molecule has 0 bridgehead atoms. The van der Waals surface area contributed by atoms with E-state index in [-0.39, 0.29) is 5.54 Å². The van der Waals surface area contributed by atoms with E-state index in [0.29, 0.717) is 5.41 Å². The van der Waals surface area contributed by atoms with Gasteiger partial charge in [0.05, 0.1) is 0 Å². The van der Waals surface area contributed by atoms with E-state index in [4.69, 9.17) is 0 Å². The van der Waals surface area contributed by atoms with Crippen LogP contribution in [0.25, 0.3) is 0 Å². The number of nitrogens with one attached hydrogen (secondary N) is 2. The van der Waals surface area contributed by atoms with Crippen LogP contribution in [0.15, 0.2) is 18.2 Å². The number of hydrogen-bond donors (Lipinski definition) is 2. The van der Waals surface area contributed by atoms with Crippen LogP contribution in [0.2, 0.25) is 0 Å². The van der Waals surface area contributed by atoms with Gasteiger partial charge in [0, 0.05) is 24.3 Å². The lowest BCUT2D eigenvalue weighted by Crippen LogP contribution is -2.41. The molecule has 0 aliphatic carbocycles. The highest BCUT2D eigenvalue weighted by Gasteiger charge is 2.24. The third kappa shape index (κ3) is 4.24. The van der Waals surface area contributed by atoms with E-state index in [1.54, 1.807) is 0 Å². The fraction of sp³-hybridized carbons (Fsp3) is 0.647. The molecule has 0 spiro atoms. The Bertz CT molecular complexity index is 441. The summed E-state index contributed by atoms with van der Waals surface area (Å²) in [5, 5.41) is 7.14. The maximum Gasteiger partial charge on any atom is 0.0376 e. The van der Waals surface area contributed by atoms with Crippen LogP contribution < -0.4 is 10.6 Å². The summed E-state index contributed by atoms with van der Waals surface area (Å²) in [4.78, 5) is 0. The maximum atomic E-state index is 3.70. The Morgan fingerprint density at radius 1 is 1.16 bits per heavy atom. The summed E-state index contributed by atoms with van der Waals surface area (Å²) < 4.78 is 0. The minimum Gasteiger partial charge on any atom is -0.384 e. The molecule has 106 valence electrons. The van der Waals surface area contributed by atoms with Crippen LogP contribution in [-0.2, 0) is 13.0 Å².